The third-order valence-electron chi connectivity index (χ3n) is 11.6. The van der Waals surface area contributed by atoms with Crippen LogP contribution in [0.25, 0.3) is 0 Å². The average Bonchev–Trinajstić information content (AvgIpc) is 3.05. The van der Waals surface area contributed by atoms with Gasteiger partial charge < -0.3 is 37.9 Å². The predicted octanol–water partition coefficient (Wildman–Crippen LogP) is 13.3. The van der Waals surface area contributed by atoms with Gasteiger partial charge in [0.2, 0.25) is 6.43 Å². The zero-order valence-corrected chi connectivity index (χ0v) is 50.3. The lowest BCUT2D eigenvalue weighted by Crippen LogP contribution is -2.39. The van der Waals surface area contributed by atoms with Crippen LogP contribution >= 0.6 is 0 Å². The fraction of sp³-hybridized carbons (Fsp3) is 0.846. The second-order valence-electron chi connectivity index (χ2n) is 21.8. The third-order valence-corrected chi connectivity index (χ3v) is 11.6. The molecule has 0 aromatic heterocycles. The van der Waals surface area contributed by atoms with Crippen molar-refractivity contribution in [2.75, 3.05) is 52.9 Å². The number of ether oxygens (including phenoxy) is 8. The number of hydrogen-bond acceptors (Lipinski definition) is 16. The quantitative estimate of drug-likeness (QED) is 0.0259. The second kappa shape index (κ2) is 36.2. The number of alkyl halides is 19. The number of carbonyl (C=O) groups is 8. The summed E-state index contributed by atoms with van der Waals surface area (Å²) >= 11 is 0. The van der Waals surface area contributed by atoms with Gasteiger partial charge in [-0.3, -0.25) is 19.2 Å². The van der Waals surface area contributed by atoms with E-state index in [1.165, 1.54) is 0 Å². The summed E-state index contributed by atoms with van der Waals surface area (Å²) in [7, 11) is 0. The first-order valence-corrected chi connectivity index (χ1v) is 26.1. The summed E-state index contributed by atoms with van der Waals surface area (Å²) < 4.78 is 275. The minimum atomic E-state index is -5.19. The van der Waals surface area contributed by atoms with Gasteiger partial charge in [0.15, 0.2) is 0 Å². The zero-order valence-electron chi connectivity index (χ0n) is 50.3. The van der Waals surface area contributed by atoms with E-state index in [0.29, 0.717) is 25.7 Å². The maximum atomic E-state index is 13.3. The predicted molar refractivity (Wildman–Crippen MR) is 265 cm³/mol. The Morgan fingerprint density at radius 1 is 0.287 bits per heavy atom. The zero-order chi connectivity index (χ0) is 69.9. The summed E-state index contributed by atoms with van der Waals surface area (Å²) in [4.78, 5) is 90.0. The Kier molecular flexibility index (Phi) is 36.5. The Labute approximate surface area is 490 Å². The van der Waals surface area contributed by atoms with Crippen LogP contribution in [-0.4, -0.2) is 155 Å². The van der Waals surface area contributed by atoms with E-state index in [9.17, 15) is 122 Å². The standard InChI is InChI=1S/C14H20F6O4.2C13H20F4O4.C12H17F5O4/c1-4-12(2,3)10(21)23-5-6-24-11(22)14(19,20)8-13(17,18)7-9(15)16;2*1-5-11(2,3)9(18)20-6-7-21-10(19)13(16,17)8-12(4,14)15;1-4-10(2,3)8(18)20-5-6-21-9(19)11(13,14)7-12(15,16)17/h9H,4-8H2,1-3H3;2*5-8H2,1-4H3;4-7H2,1-3H3. The smallest absolute Gasteiger partial charge is 0.395 e. The van der Waals surface area contributed by atoms with E-state index < -0.39 is 208 Å². The van der Waals surface area contributed by atoms with Crippen molar-refractivity contribution in [2.24, 2.45) is 21.7 Å². The molecule has 514 valence electrons. The van der Waals surface area contributed by atoms with Gasteiger partial charge in [-0.2, -0.15) is 48.3 Å². The molecule has 0 aromatic carbocycles. The number of halogens is 19. The van der Waals surface area contributed by atoms with Crippen molar-refractivity contribution in [1.29, 1.82) is 0 Å². The molecule has 0 radical (unpaired) electrons. The van der Waals surface area contributed by atoms with Crippen LogP contribution in [0.5, 0.6) is 0 Å². The van der Waals surface area contributed by atoms with E-state index in [2.05, 4.69) is 23.7 Å². The van der Waals surface area contributed by atoms with Gasteiger partial charge in [-0.05, 0) is 94.9 Å². The van der Waals surface area contributed by atoms with Gasteiger partial charge in [0, 0.05) is 0 Å². The van der Waals surface area contributed by atoms with E-state index in [0.717, 1.165) is 0 Å². The SMILES string of the molecule is CCC(C)(C)C(=O)OCCOC(=O)C(F)(F)CC(C)(F)F.CCC(C)(C)C(=O)OCCOC(=O)C(F)(F)CC(C)(F)F.CCC(C)(C)C(=O)OCCOC(=O)C(F)(F)CC(F)(F)CC(F)F.CCC(C)(C)C(=O)OCCOC(=O)C(F)(F)CC(F)(F)F. The minimum Gasteiger partial charge on any atom is -0.462 e. The highest BCUT2D eigenvalue weighted by Crippen LogP contribution is 2.37. The van der Waals surface area contributed by atoms with E-state index in [1.54, 1.807) is 83.1 Å². The van der Waals surface area contributed by atoms with Crippen LogP contribution in [0, 0.1) is 21.7 Å². The molecule has 0 saturated carbocycles. The molecule has 35 heteroatoms. The molecular formula is C52H77F19O16. The van der Waals surface area contributed by atoms with Crippen LogP contribution in [0.3, 0.4) is 0 Å². The summed E-state index contributed by atoms with van der Waals surface area (Å²) in [5.74, 6) is -40.8. The summed E-state index contributed by atoms with van der Waals surface area (Å²) in [6, 6.07) is 0. The van der Waals surface area contributed by atoms with Crippen LogP contribution in [0.2, 0.25) is 0 Å². The summed E-state index contributed by atoms with van der Waals surface area (Å²) in [6.07, 6.45) is -17.7. The highest BCUT2D eigenvalue weighted by Gasteiger charge is 2.53. The molecule has 0 heterocycles. The molecule has 16 nitrogen and oxygen atoms in total. The summed E-state index contributed by atoms with van der Waals surface area (Å²) in [6.45, 7) is 15.9. The molecule has 0 aliphatic carbocycles. The highest BCUT2D eigenvalue weighted by atomic mass is 19.4. The Balaban J connectivity index is -0.000000529. The van der Waals surface area contributed by atoms with Crippen molar-refractivity contribution in [3.63, 3.8) is 0 Å². The molecule has 0 saturated heterocycles. The van der Waals surface area contributed by atoms with Crippen molar-refractivity contribution < 1.29 is 160 Å². The van der Waals surface area contributed by atoms with E-state index in [1.807, 2.05) is 0 Å². The van der Waals surface area contributed by atoms with Crippen LogP contribution in [0.4, 0.5) is 83.4 Å². The van der Waals surface area contributed by atoms with Crippen LogP contribution in [0.1, 0.15) is 155 Å². The van der Waals surface area contributed by atoms with Crippen molar-refractivity contribution in [3.8, 4) is 0 Å². The van der Waals surface area contributed by atoms with Crippen molar-refractivity contribution in [1.82, 2.24) is 0 Å². The number of hydrogen-bond donors (Lipinski definition) is 0. The first kappa shape index (κ1) is 87.9. The molecule has 0 fully saturated rings. The van der Waals surface area contributed by atoms with Gasteiger partial charge in [0.1, 0.15) is 59.3 Å². The number of rotatable bonds is 33. The maximum Gasteiger partial charge on any atom is 0.395 e. The fourth-order valence-corrected chi connectivity index (χ4v) is 4.80. The minimum absolute atomic E-state index is 0.281. The summed E-state index contributed by atoms with van der Waals surface area (Å²) in [5, 5.41) is 0. The molecular weight excluding hydrogens is 1240 g/mol. The van der Waals surface area contributed by atoms with Gasteiger partial charge in [-0.15, -0.1) is 0 Å². The van der Waals surface area contributed by atoms with Crippen LogP contribution < -0.4 is 0 Å². The molecule has 0 N–H and O–H groups in total. The maximum absolute atomic E-state index is 13.3. The molecule has 0 bridgehead atoms. The molecule has 87 heavy (non-hydrogen) atoms. The Morgan fingerprint density at radius 3 is 0.621 bits per heavy atom. The molecule has 0 atom stereocenters. The molecule has 0 aromatic rings. The lowest BCUT2D eigenvalue weighted by molar-refractivity contribution is -0.209. The topological polar surface area (TPSA) is 210 Å². The van der Waals surface area contributed by atoms with Gasteiger partial charge in [0.05, 0.1) is 47.3 Å². The van der Waals surface area contributed by atoms with Crippen molar-refractivity contribution >= 4 is 47.8 Å². The normalized spacial score (nSPS) is 13.0. The van der Waals surface area contributed by atoms with Crippen molar-refractivity contribution in [2.45, 2.75) is 209 Å². The molecule has 0 aliphatic heterocycles. The molecule has 0 unspecified atom stereocenters. The van der Waals surface area contributed by atoms with E-state index >= 15 is 0 Å². The van der Waals surface area contributed by atoms with Gasteiger partial charge in [-0.1, -0.05) is 27.7 Å². The van der Waals surface area contributed by atoms with Gasteiger partial charge in [0.25, 0.3) is 17.8 Å². The number of carbonyl (C=O) groups excluding carboxylic acids is 8. The third kappa shape index (κ3) is 39.8. The molecule has 0 rings (SSSR count). The molecule has 0 aliphatic rings. The van der Waals surface area contributed by atoms with Crippen molar-refractivity contribution in [3.05, 3.63) is 0 Å². The van der Waals surface area contributed by atoms with Crippen LogP contribution in [0.15, 0.2) is 0 Å². The Hall–Kier alpha value is -5.57. The molecule has 0 spiro atoms. The first-order chi connectivity index (χ1) is 38.7. The molecule has 0 amide bonds. The largest absolute Gasteiger partial charge is 0.462 e. The van der Waals surface area contributed by atoms with Crippen LogP contribution in [-0.2, 0) is 76.3 Å². The highest BCUT2D eigenvalue weighted by molar-refractivity contribution is 5.80. The Morgan fingerprint density at radius 2 is 0.460 bits per heavy atom. The van der Waals surface area contributed by atoms with Gasteiger partial charge in [-0.25, -0.2) is 54.3 Å². The monoisotopic (exact) mass is 1320 g/mol. The second-order valence-corrected chi connectivity index (χ2v) is 21.8. The van der Waals surface area contributed by atoms with Gasteiger partial charge >= 0.3 is 77.6 Å². The lowest BCUT2D eigenvalue weighted by Gasteiger charge is -2.22. The fourth-order valence-electron chi connectivity index (χ4n) is 4.80. The first-order valence-electron chi connectivity index (χ1n) is 26.1. The lowest BCUT2D eigenvalue weighted by atomic mass is 9.91. The summed E-state index contributed by atoms with van der Waals surface area (Å²) in [5.41, 5.74) is -3.08. The van der Waals surface area contributed by atoms with E-state index in [4.69, 9.17) is 14.2 Å². The Bertz CT molecular complexity index is 1980. The average molecular weight is 1320 g/mol. The number of esters is 8. The van der Waals surface area contributed by atoms with E-state index in [-0.39, 0.29) is 13.8 Å².